The van der Waals surface area contributed by atoms with Crippen molar-refractivity contribution in [3.63, 3.8) is 0 Å². The van der Waals surface area contributed by atoms with Crippen LogP contribution < -0.4 is 6.15 Å². The SMILES string of the molecule is CCCC(CCC)C(C)=O.N. The van der Waals surface area contributed by atoms with Gasteiger partial charge in [-0.05, 0) is 19.8 Å². The monoisotopic (exact) mass is 159 g/mol. The van der Waals surface area contributed by atoms with Crippen LogP contribution in [-0.2, 0) is 4.79 Å². The van der Waals surface area contributed by atoms with Crippen molar-refractivity contribution in [2.24, 2.45) is 5.92 Å². The van der Waals surface area contributed by atoms with E-state index in [-0.39, 0.29) is 6.15 Å². The van der Waals surface area contributed by atoms with E-state index >= 15 is 0 Å². The predicted octanol–water partition coefficient (Wildman–Crippen LogP) is 2.95. The van der Waals surface area contributed by atoms with E-state index in [0.29, 0.717) is 11.7 Å². The first-order valence-electron chi connectivity index (χ1n) is 4.22. The molecule has 0 aromatic heterocycles. The number of hydrogen-bond acceptors (Lipinski definition) is 2. The van der Waals surface area contributed by atoms with Gasteiger partial charge in [-0.2, -0.15) is 0 Å². The average molecular weight is 159 g/mol. The van der Waals surface area contributed by atoms with Crippen LogP contribution in [0.3, 0.4) is 0 Å². The lowest BCUT2D eigenvalue weighted by Gasteiger charge is -2.09. The summed E-state index contributed by atoms with van der Waals surface area (Å²) in [7, 11) is 0. The molecule has 0 saturated carbocycles. The van der Waals surface area contributed by atoms with Crippen molar-refractivity contribution >= 4 is 5.78 Å². The van der Waals surface area contributed by atoms with Gasteiger partial charge in [-0.25, -0.2) is 0 Å². The van der Waals surface area contributed by atoms with Crippen LogP contribution in [0.1, 0.15) is 46.5 Å². The smallest absolute Gasteiger partial charge is 0.132 e. The minimum Gasteiger partial charge on any atom is -0.344 e. The summed E-state index contributed by atoms with van der Waals surface area (Å²) in [6, 6.07) is 0. The molecular formula is C9H21NO. The Balaban J connectivity index is 0. The topological polar surface area (TPSA) is 52.1 Å². The van der Waals surface area contributed by atoms with Crippen molar-refractivity contribution in [3.05, 3.63) is 0 Å². The number of rotatable bonds is 5. The Morgan fingerprint density at radius 2 is 1.55 bits per heavy atom. The van der Waals surface area contributed by atoms with Crippen LogP contribution in [0.4, 0.5) is 0 Å². The highest BCUT2D eigenvalue weighted by molar-refractivity contribution is 5.78. The van der Waals surface area contributed by atoms with Gasteiger partial charge >= 0.3 is 0 Å². The number of Topliss-reactive ketones (excluding diaryl/α,β-unsaturated/α-hetero) is 1. The molecular weight excluding hydrogens is 138 g/mol. The van der Waals surface area contributed by atoms with Crippen LogP contribution in [0.25, 0.3) is 0 Å². The van der Waals surface area contributed by atoms with Gasteiger partial charge in [-0.1, -0.05) is 26.7 Å². The largest absolute Gasteiger partial charge is 0.344 e. The van der Waals surface area contributed by atoms with Gasteiger partial charge in [0, 0.05) is 5.92 Å². The maximum atomic E-state index is 10.9. The number of carbonyl (C=O) groups excluding carboxylic acids is 1. The second-order valence-electron chi connectivity index (χ2n) is 2.88. The normalized spacial score (nSPS) is 9.45. The van der Waals surface area contributed by atoms with E-state index in [1.807, 2.05) is 0 Å². The Kier molecular flexibility index (Phi) is 9.31. The van der Waals surface area contributed by atoms with E-state index < -0.39 is 0 Å². The molecule has 0 aliphatic rings. The molecule has 2 heteroatoms. The maximum absolute atomic E-state index is 10.9. The molecule has 3 N–H and O–H groups in total. The van der Waals surface area contributed by atoms with Gasteiger partial charge < -0.3 is 6.15 Å². The first kappa shape index (κ1) is 13.2. The summed E-state index contributed by atoms with van der Waals surface area (Å²) in [5.41, 5.74) is 0. The quantitative estimate of drug-likeness (QED) is 0.670. The van der Waals surface area contributed by atoms with Gasteiger partial charge in [0.15, 0.2) is 0 Å². The molecule has 0 saturated heterocycles. The van der Waals surface area contributed by atoms with Crippen molar-refractivity contribution in [2.75, 3.05) is 0 Å². The van der Waals surface area contributed by atoms with Crippen LogP contribution in [0.2, 0.25) is 0 Å². The molecule has 2 nitrogen and oxygen atoms in total. The van der Waals surface area contributed by atoms with E-state index in [1.54, 1.807) is 6.92 Å². The van der Waals surface area contributed by atoms with Crippen molar-refractivity contribution in [2.45, 2.75) is 46.5 Å². The zero-order valence-corrected chi connectivity index (χ0v) is 8.02. The molecule has 0 heterocycles. The number of carbonyl (C=O) groups is 1. The molecule has 0 fully saturated rings. The highest BCUT2D eigenvalue weighted by Crippen LogP contribution is 2.13. The first-order chi connectivity index (χ1) is 4.72. The van der Waals surface area contributed by atoms with Crippen molar-refractivity contribution < 1.29 is 4.79 Å². The summed E-state index contributed by atoms with van der Waals surface area (Å²) in [5.74, 6) is 0.707. The molecule has 0 radical (unpaired) electrons. The minimum atomic E-state index is 0. The summed E-state index contributed by atoms with van der Waals surface area (Å²) in [6.45, 7) is 5.97. The van der Waals surface area contributed by atoms with Crippen LogP contribution >= 0.6 is 0 Å². The summed E-state index contributed by atoms with van der Waals surface area (Å²) in [6.07, 6.45) is 4.40. The van der Waals surface area contributed by atoms with Crippen molar-refractivity contribution in [3.8, 4) is 0 Å². The standard InChI is InChI=1S/C9H18O.H3N/c1-4-6-9(7-5-2)8(3)10;/h9H,4-7H2,1-3H3;1H3. The molecule has 0 aliphatic heterocycles. The van der Waals surface area contributed by atoms with Gasteiger partial charge in [0.1, 0.15) is 5.78 Å². The molecule has 0 aliphatic carbocycles. The lowest BCUT2D eigenvalue weighted by atomic mass is 9.95. The summed E-state index contributed by atoms with van der Waals surface area (Å²) in [5, 5.41) is 0. The van der Waals surface area contributed by atoms with E-state index in [9.17, 15) is 4.79 Å². The zero-order chi connectivity index (χ0) is 7.98. The van der Waals surface area contributed by atoms with Gasteiger partial charge in [0.25, 0.3) is 0 Å². The third-order valence-electron chi connectivity index (χ3n) is 1.85. The highest BCUT2D eigenvalue weighted by atomic mass is 16.1. The van der Waals surface area contributed by atoms with Crippen molar-refractivity contribution in [1.82, 2.24) is 6.15 Å². The fraction of sp³-hybridized carbons (Fsp3) is 0.889. The third-order valence-corrected chi connectivity index (χ3v) is 1.85. The minimum absolute atomic E-state index is 0. The fourth-order valence-corrected chi connectivity index (χ4v) is 1.25. The van der Waals surface area contributed by atoms with Crippen LogP contribution in [0, 0.1) is 5.92 Å². The molecule has 68 valence electrons. The molecule has 0 unspecified atom stereocenters. The summed E-state index contributed by atoms with van der Waals surface area (Å²) in [4.78, 5) is 10.9. The lowest BCUT2D eigenvalue weighted by molar-refractivity contribution is -0.121. The highest BCUT2D eigenvalue weighted by Gasteiger charge is 2.10. The second-order valence-corrected chi connectivity index (χ2v) is 2.88. The van der Waals surface area contributed by atoms with Crippen LogP contribution in [0.5, 0.6) is 0 Å². The van der Waals surface area contributed by atoms with Crippen LogP contribution in [-0.4, -0.2) is 5.78 Å². The second kappa shape index (κ2) is 7.73. The zero-order valence-electron chi connectivity index (χ0n) is 8.02. The predicted molar refractivity (Wildman–Crippen MR) is 49.0 cm³/mol. The summed E-state index contributed by atoms with van der Waals surface area (Å²) < 4.78 is 0. The van der Waals surface area contributed by atoms with Crippen LogP contribution in [0.15, 0.2) is 0 Å². The summed E-state index contributed by atoms with van der Waals surface area (Å²) >= 11 is 0. The fourth-order valence-electron chi connectivity index (χ4n) is 1.25. The molecule has 0 aromatic carbocycles. The van der Waals surface area contributed by atoms with Gasteiger partial charge in [0.2, 0.25) is 0 Å². The van der Waals surface area contributed by atoms with Gasteiger partial charge in [-0.3, -0.25) is 4.79 Å². The Bertz CT molecular complexity index is 95.7. The van der Waals surface area contributed by atoms with E-state index in [4.69, 9.17) is 0 Å². The molecule has 0 amide bonds. The number of hydrogen-bond donors (Lipinski definition) is 1. The maximum Gasteiger partial charge on any atom is 0.132 e. The Labute approximate surface area is 70.0 Å². The molecule has 0 aromatic rings. The van der Waals surface area contributed by atoms with Gasteiger partial charge in [-0.15, -0.1) is 0 Å². The van der Waals surface area contributed by atoms with Crippen molar-refractivity contribution in [1.29, 1.82) is 0 Å². The molecule has 0 bridgehead atoms. The van der Waals surface area contributed by atoms with E-state index in [0.717, 1.165) is 25.7 Å². The first-order valence-corrected chi connectivity index (χ1v) is 4.22. The molecule has 0 rings (SSSR count). The number of ketones is 1. The van der Waals surface area contributed by atoms with E-state index in [1.165, 1.54) is 0 Å². The Hall–Kier alpha value is -0.370. The Morgan fingerprint density at radius 3 is 1.73 bits per heavy atom. The van der Waals surface area contributed by atoms with Gasteiger partial charge in [0.05, 0.1) is 0 Å². The van der Waals surface area contributed by atoms with E-state index in [2.05, 4.69) is 13.8 Å². The lowest BCUT2D eigenvalue weighted by Crippen LogP contribution is -2.09. The molecule has 0 atom stereocenters. The molecule has 0 spiro atoms. The third kappa shape index (κ3) is 6.05. The molecule has 11 heavy (non-hydrogen) atoms. The average Bonchev–Trinajstić information content (AvgIpc) is 1.87. The Morgan fingerprint density at radius 1 is 1.18 bits per heavy atom.